The van der Waals surface area contributed by atoms with E-state index in [0.29, 0.717) is 35.2 Å². The van der Waals surface area contributed by atoms with E-state index >= 15 is 0 Å². The summed E-state index contributed by atoms with van der Waals surface area (Å²) in [5.74, 6) is 0.369. The van der Waals surface area contributed by atoms with E-state index in [9.17, 15) is 9.90 Å². The van der Waals surface area contributed by atoms with Gasteiger partial charge in [-0.1, -0.05) is 37.3 Å². The fraction of sp³-hybridized carbons (Fsp3) is 0.238. The van der Waals surface area contributed by atoms with Crippen LogP contribution in [0.4, 0.5) is 0 Å². The van der Waals surface area contributed by atoms with Gasteiger partial charge in [0.1, 0.15) is 21.4 Å². The molecule has 1 N–H and O–H groups in total. The van der Waals surface area contributed by atoms with E-state index < -0.39 is 5.97 Å². The van der Waals surface area contributed by atoms with E-state index in [2.05, 4.69) is 17.1 Å². The number of aryl methyl sites for hydroxylation is 1. The molecule has 0 saturated heterocycles. The lowest BCUT2D eigenvalue weighted by atomic mass is 10.1. The molecule has 2 aromatic carbocycles. The number of thiazole rings is 1. The van der Waals surface area contributed by atoms with Gasteiger partial charge in [-0.15, -0.1) is 11.3 Å². The second-order valence-electron chi connectivity index (χ2n) is 5.90. The SMILES string of the molecule is CCc1nc(-c2ccc(OC)cc2OCCc2ccccc2)sc1C(=O)O. The van der Waals surface area contributed by atoms with E-state index in [0.717, 1.165) is 12.0 Å². The minimum atomic E-state index is -0.948. The molecule has 0 atom stereocenters. The van der Waals surface area contributed by atoms with Crippen LogP contribution in [0.25, 0.3) is 10.6 Å². The first-order chi connectivity index (χ1) is 13.1. The lowest BCUT2D eigenvalue weighted by molar-refractivity contribution is 0.0701. The molecule has 1 heterocycles. The van der Waals surface area contributed by atoms with E-state index in [1.807, 2.05) is 43.3 Å². The van der Waals surface area contributed by atoms with Crippen molar-refractivity contribution in [1.29, 1.82) is 0 Å². The molecule has 0 amide bonds. The van der Waals surface area contributed by atoms with Gasteiger partial charge in [0.2, 0.25) is 0 Å². The molecule has 0 aliphatic rings. The Hall–Kier alpha value is -2.86. The summed E-state index contributed by atoms with van der Waals surface area (Å²) >= 11 is 1.17. The lowest BCUT2D eigenvalue weighted by Crippen LogP contribution is -2.02. The van der Waals surface area contributed by atoms with Crippen molar-refractivity contribution < 1.29 is 19.4 Å². The number of methoxy groups -OCH3 is 1. The number of nitrogens with zero attached hydrogens (tertiary/aromatic N) is 1. The molecule has 1 aromatic heterocycles. The normalized spacial score (nSPS) is 10.6. The molecule has 0 spiro atoms. The zero-order valence-electron chi connectivity index (χ0n) is 15.3. The molecule has 5 nitrogen and oxygen atoms in total. The molecule has 27 heavy (non-hydrogen) atoms. The fourth-order valence-corrected chi connectivity index (χ4v) is 3.75. The number of hydrogen-bond acceptors (Lipinski definition) is 5. The first-order valence-electron chi connectivity index (χ1n) is 8.70. The van der Waals surface area contributed by atoms with Crippen LogP contribution in [0.3, 0.4) is 0 Å². The van der Waals surface area contributed by atoms with Crippen LogP contribution in [0.1, 0.15) is 27.9 Å². The number of aromatic carboxylic acids is 1. The highest BCUT2D eigenvalue weighted by molar-refractivity contribution is 7.17. The van der Waals surface area contributed by atoms with Crippen LogP contribution in [0.5, 0.6) is 11.5 Å². The summed E-state index contributed by atoms with van der Waals surface area (Å²) in [7, 11) is 1.60. The summed E-state index contributed by atoms with van der Waals surface area (Å²) in [6, 6.07) is 15.6. The number of rotatable bonds is 8. The summed E-state index contributed by atoms with van der Waals surface area (Å²) in [5.41, 5.74) is 2.56. The second-order valence-corrected chi connectivity index (χ2v) is 6.90. The molecule has 0 radical (unpaired) electrons. The maximum absolute atomic E-state index is 11.5. The van der Waals surface area contributed by atoms with Crippen LogP contribution in [0, 0.1) is 0 Å². The van der Waals surface area contributed by atoms with Crippen LogP contribution in [0.2, 0.25) is 0 Å². The van der Waals surface area contributed by atoms with Gasteiger partial charge in [0.25, 0.3) is 0 Å². The molecule has 0 aliphatic heterocycles. The Kier molecular flexibility index (Phi) is 6.08. The van der Waals surface area contributed by atoms with Crippen LogP contribution in [-0.2, 0) is 12.8 Å². The smallest absolute Gasteiger partial charge is 0.347 e. The lowest BCUT2D eigenvalue weighted by Gasteiger charge is -2.12. The van der Waals surface area contributed by atoms with Crippen molar-refractivity contribution in [3.05, 3.63) is 64.7 Å². The topological polar surface area (TPSA) is 68.7 Å². The Bertz CT molecular complexity index is 921. The highest BCUT2D eigenvalue weighted by atomic mass is 32.1. The standard InChI is InChI=1S/C21H21NO4S/c1-3-17-19(21(23)24)27-20(22-17)16-10-9-15(25-2)13-18(16)26-12-11-14-7-5-4-6-8-14/h4-10,13H,3,11-12H2,1-2H3,(H,23,24). The predicted octanol–water partition coefficient (Wildman–Crippen LogP) is 4.70. The number of aromatic nitrogens is 1. The quantitative estimate of drug-likeness (QED) is 0.611. The molecule has 0 fully saturated rings. The first kappa shape index (κ1) is 18.9. The summed E-state index contributed by atoms with van der Waals surface area (Å²) in [4.78, 5) is 16.3. The summed E-state index contributed by atoms with van der Waals surface area (Å²) < 4.78 is 11.3. The maximum Gasteiger partial charge on any atom is 0.347 e. The number of ether oxygens (including phenoxy) is 2. The molecule has 0 saturated carbocycles. The van der Waals surface area contributed by atoms with Crippen molar-refractivity contribution >= 4 is 17.3 Å². The van der Waals surface area contributed by atoms with Gasteiger partial charge in [-0.3, -0.25) is 0 Å². The first-order valence-corrected chi connectivity index (χ1v) is 9.52. The van der Waals surface area contributed by atoms with Crippen LogP contribution in [-0.4, -0.2) is 29.8 Å². The van der Waals surface area contributed by atoms with Crippen LogP contribution >= 0.6 is 11.3 Å². The molecule has 3 aromatic rings. The summed E-state index contributed by atoms with van der Waals surface area (Å²) in [5, 5.41) is 10.0. The third-order valence-electron chi connectivity index (χ3n) is 4.14. The molecule has 0 aliphatic carbocycles. The van der Waals surface area contributed by atoms with E-state index in [1.165, 1.54) is 16.9 Å². The predicted molar refractivity (Wildman–Crippen MR) is 106 cm³/mol. The van der Waals surface area contributed by atoms with Gasteiger partial charge in [0.05, 0.1) is 25.0 Å². The van der Waals surface area contributed by atoms with Crippen LogP contribution in [0.15, 0.2) is 48.5 Å². The molecule has 0 bridgehead atoms. The minimum Gasteiger partial charge on any atom is -0.497 e. The van der Waals surface area contributed by atoms with Gasteiger partial charge >= 0.3 is 5.97 Å². The largest absolute Gasteiger partial charge is 0.497 e. The summed E-state index contributed by atoms with van der Waals surface area (Å²) in [6.07, 6.45) is 1.34. The average molecular weight is 383 g/mol. The number of benzene rings is 2. The highest BCUT2D eigenvalue weighted by Crippen LogP contribution is 2.37. The van der Waals surface area contributed by atoms with Crippen molar-refractivity contribution in [1.82, 2.24) is 4.98 Å². The van der Waals surface area contributed by atoms with E-state index in [4.69, 9.17) is 9.47 Å². The van der Waals surface area contributed by atoms with Crippen molar-refractivity contribution in [3.8, 4) is 22.1 Å². The van der Waals surface area contributed by atoms with Crippen molar-refractivity contribution in [2.24, 2.45) is 0 Å². The third-order valence-corrected chi connectivity index (χ3v) is 5.26. The molecular formula is C21H21NO4S. The molecule has 0 unspecified atom stereocenters. The zero-order chi connectivity index (χ0) is 19.2. The highest BCUT2D eigenvalue weighted by Gasteiger charge is 2.19. The van der Waals surface area contributed by atoms with Crippen molar-refractivity contribution in [2.75, 3.05) is 13.7 Å². The van der Waals surface area contributed by atoms with E-state index in [1.54, 1.807) is 7.11 Å². The molecule has 3 rings (SSSR count). The van der Waals surface area contributed by atoms with Crippen LogP contribution < -0.4 is 9.47 Å². The van der Waals surface area contributed by atoms with Gasteiger partial charge in [0.15, 0.2) is 0 Å². The van der Waals surface area contributed by atoms with Gasteiger partial charge in [0, 0.05) is 12.5 Å². The van der Waals surface area contributed by atoms with Gasteiger partial charge in [-0.25, -0.2) is 9.78 Å². The number of carboxylic acid groups (broad SMARTS) is 1. The third kappa shape index (κ3) is 4.46. The minimum absolute atomic E-state index is 0.276. The van der Waals surface area contributed by atoms with Gasteiger partial charge in [-0.2, -0.15) is 0 Å². The van der Waals surface area contributed by atoms with Gasteiger partial charge in [-0.05, 0) is 24.1 Å². The Morgan fingerprint density at radius 2 is 1.96 bits per heavy atom. The molecule has 140 valence electrons. The fourth-order valence-electron chi connectivity index (χ4n) is 2.72. The Labute approximate surface area is 162 Å². The number of carboxylic acids is 1. The number of carbonyl (C=O) groups is 1. The Balaban J connectivity index is 1.88. The van der Waals surface area contributed by atoms with E-state index in [-0.39, 0.29) is 4.88 Å². The average Bonchev–Trinajstić information content (AvgIpc) is 3.13. The summed E-state index contributed by atoms with van der Waals surface area (Å²) in [6.45, 7) is 2.40. The monoisotopic (exact) mass is 383 g/mol. The van der Waals surface area contributed by atoms with Gasteiger partial charge < -0.3 is 14.6 Å². The Morgan fingerprint density at radius 3 is 2.59 bits per heavy atom. The molecule has 6 heteroatoms. The van der Waals surface area contributed by atoms with Crippen molar-refractivity contribution in [2.45, 2.75) is 19.8 Å². The maximum atomic E-state index is 11.5. The van der Waals surface area contributed by atoms with Crippen molar-refractivity contribution in [3.63, 3.8) is 0 Å². The zero-order valence-corrected chi connectivity index (χ0v) is 16.1. The Morgan fingerprint density at radius 1 is 1.19 bits per heavy atom. The molecular weight excluding hydrogens is 362 g/mol. The second kappa shape index (κ2) is 8.68. The number of hydrogen-bond donors (Lipinski definition) is 1.